The maximum absolute atomic E-state index is 11.4. The second-order valence-electron chi connectivity index (χ2n) is 4.90. The second-order valence-corrected chi connectivity index (χ2v) is 4.90. The number of rotatable bonds is 4. The van der Waals surface area contributed by atoms with Gasteiger partial charge in [0.25, 0.3) is 0 Å². The van der Waals surface area contributed by atoms with Crippen LogP contribution in [0.3, 0.4) is 0 Å². The number of fused-ring (bicyclic) bond motifs is 1. The van der Waals surface area contributed by atoms with Gasteiger partial charge in [-0.05, 0) is 32.6 Å². The van der Waals surface area contributed by atoms with Crippen LogP contribution in [0.25, 0.3) is 5.82 Å². The summed E-state index contributed by atoms with van der Waals surface area (Å²) in [7, 11) is 0. The lowest BCUT2D eigenvalue weighted by Gasteiger charge is -2.14. The number of anilines is 1. The van der Waals surface area contributed by atoms with Gasteiger partial charge in [0.1, 0.15) is 12.7 Å². The molecule has 3 rings (SSSR count). The third-order valence-corrected chi connectivity index (χ3v) is 3.59. The van der Waals surface area contributed by atoms with Crippen molar-refractivity contribution in [2.45, 2.75) is 32.6 Å². The van der Waals surface area contributed by atoms with E-state index in [-0.39, 0.29) is 17.3 Å². The summed E-state index contributed by atoms with van der Waals surface area (Å²) in [6.45, 7) is 2.42. The van der Waals surface area contributed by atoms with Gasteiger partial charge in [0, 0.05) is 12.2 Å². The Bertz CT molecular complexity index is 681. The van der Waals surface area contributed by atoms with E-state index in [2.05, 4.69) is 20.3 Å². The third-order valence-electron chi connectivity index (χ3n) is 3.59. The molecule has 1 aliphatic carbocycles. The molecule has 8 heteroatoms. The number of aryl methyl sites for hydroxylation is 1. The zero-order chi connectivity index (χ0) is 14.8. The molecule has 0 saturated heterocycles. The first-order valence-electron chi connectivity index (χ1n) is 7.01. The van der Waals surface area contributed by atoms with E-state index in [0.717, 1.165) is 37.1 Å². The Morgan fingerprint density at radius 3 is 2.90 bits per heavy atom. The fourth-order valence-electron chi connectivity index (χ4n) is 2.66. The van der Waals surface area contributed by atoms with Crippen molar-refractivity contribution in [3.05, 3.63) is 34.2 Å². The number of imidazole rings is 1. The van der Waals surface area contributed by atoms with E-state index in [1.54, 1.807) is 10.9 Å². The summed E-state index contributed by atoms with van der Waals surface area (Å²) in [5, 5.41) is 14.3. The summed E-state index contributed by atoms with van der Waals surface area (Å²) in [5.74, 6) is 0.521. The first-order valence-corrected chi connectivity index (χ1v) is 7.01. The van der Waals surface area contributed by atoms with Crippen molar-refractivity contribution >= 4 is 11.5 Å². The lowest BCUT2D eigenvalue weighted by molar-refractivity contribution is -0.384. The molecule has 1 N–H and O–H groups in total. The minimum absolute atomic E-state index is 0.106. The Labute approximate surface area is 121 Å². The molecule has 2 heterocycles. The van der Waals surface area contributed by atoms with Crippen LogP contribution in [-0.4, -0.2) is 31.0 Å². The summed E-state index contributed by atoms with van der Waals surface area (Å²) in [6.07, 6.45) is 6.93. The molecule has 0 aliphatic heterocycles. The van der Waals surface area contributed by atoms with Crippen LogP contribution in [0, 0.1) is 10.1 Å². The summed E-state index contributed by atoms with van der Waals surface area (Å²) in [4.78, 5) is 23.5. The molecule has 0 radical (unpaired) electrons. The maximum Gasteiger partial charge on any atom is 0.354 e. The molecule has 21 heavy (non-hydrogen) atoms. The molecule has 0 unspecified atom stereocenters. The van der Waals surface area contributed by atoms with Crippen LogP contribution in [0.2, 0.25) is 0 Å². The summed E-state index contributed by atoms with van der Waals surface area (Å²) >= 11 is 0. The van der Waals surface area contributed by atoms with Gasteiger partial charge in [-0.2, -0.15) is 0 Å². The number of aromatic nitrogens is 4. The van der Waals surface area contributed by atoms with Crippen molar-refractivity contribution in [3.63, 3.8) is 0 Å². The van der Waals surface area contributed by atoms with Gasteiger partial charge in [0.2, 0.25) is 11.6 Å². The molecule has 0 aromatic carbocycles. The van der Waals surface area contributed by atoms with Gasteiger partial charge in [-0.15, -0.1) is 0 Å². The van der Waals surface area contributed by atoms with Gasteiger partial charge in [-0.3, -0.25) is 14.7 Å². The molecule has 2 aromatic rings. The quantitative estimate of drug-likeness (QED) is 0.681. The number of nitrogens with one attached hydrogen (secondary N) is 1. The minimum atomic E-state index is -0.442. The normalized spacial score (nSPS) is 13.8. The summed E-state index contributed by atoms with van der Waals surface area (Å²) < 4.78 is 1.73. The first-order chi connectivity index (χ1) is 10.2. The SMILES string of the molecule is CCNc1ncnc(-n2cnc3c2CCCC3)c1[N+](=O)[O-]. The van der Waals surface area contributed by atoms with Crippen LogP contribution >= 0.6 is 0 Å². The second kappa shape index (κ2) is 5.47. The van der Waals surface area contributed by atoms with E-state index in [1.165, 1.54) is 6.33 Å². The van der Waals surface area contributed by atoms with Crippen LogP contribution in [-0.2, 0) is 12.8 Å². The maximum atomic E-state index is 11.4. The first kappa shape index (κ1) is 13.5. The topological polar surface area (TPSA) is 98.8 Å². The van der Waals surface area contributed by atoms with Crippen molar-refractivity contribution in [1.82, 2.24) is 19.5 Å². The Morgan fingerprint density at radius 2 is 2.14 bits per heavy atom. The molecular formula is C13H16N6O2. The molecular weight excluding hydrogens is 272 g/mol. The van der Waals surface area contributed by atoms with E-state index in [1.807, 2.05) is 6.92 Å². The molecule has 0 spiro atoms. The molecule has 0 amide bonds. The Morgan fingerprint density at radius 1 is 1.33 bits per heavy atom. The van der Waals surface area contributed by atoms with Crippen molar-refractivity contribution in [2.24, 2.45) is 0 Å². The van der Waals surface area contributed by atoms with Gasteiger partial charge in [-0.25, -0.2) is 15.0 Å². The number of nitro groups is 1. The van der Waals surface area contributed by atoms with Gasteiger partial charge >= 0.3 is 5.69 Å². The minimum Gasteiger partial charge on any atom is -0.364 e. The average Bonchev–Trinajstić information content (AvgIpc) is 2.91. The highest BCUT2D eigenvalue weighted by Gasteiger charge is 2.27. The van der Waals surface area contributed by atoms with E-state index < -0.39 is 4.92 Å². The van der Waals surface area contributed by atoms with Crippen molar-refractivity contribution in [1.29, 1.82) is 0 Å². The van der Waals surface area contributed by atoms with E-state index >= 15 is 0 Å². The molecule has 2 aromatic heterocycles. The lowest BCUT2D eigenvalue weighted by atomic mass is 10.0. The highest BCUT2D eigenvalue weighted by atomic mass is 16.6. The Balaban J connectivity index is 2.16. The zero-order valence-electron chi connectivity index (χ0n) is 11.7. The van der Waals surface area contributed by atoms with Crippen LogP contribution in [0.4, 0.5) is 11.5 Å². The standard InChI is InChI=1S/C13H16N6O2/c1-2-14-12-11(19(20)21)13(16-7-15-12)18-8-17-9-5-3-4-6-10(9)18/h7-8H,2-6H2,1H3,(H,14,15,16). The average molecular weight is 288 g/mol. The highest BCUT2D eigenvalue weighted by Crippen LogP contribution is 2.30. The predicted octanol–water partition coefficient (Wildman–Crippen LogP) is 1.88. The van der Waals surface area contributed by atoms with Crippen molar-refractivity contribution in [3.8, 4) is 5.82 Å². The molecule has 1 aliphatic rings. The number of nitrogens with zero attached hydrogens (tertiary/aromatic N) is 5. The van der Waals surface area contributed by atoms with Crippen LogP contribution < -0.4 is 5.32 Å². The zero-order valence-corrected chi connectivity index (χ0v) is 11.7. The molecule has 0 saturated carbocycles. The molecule has 0 atom stereocenters. The van der Waals surface area contributed by atoms with Crippen LogP contribution in [0.5, 0.6) is 0 Å². The monoisotopic (exact) mass is 288 g/mol. The van der Waals surface area contributed by atoms with Crippen LogP contribution in [0.15, 0.2) is 12.7 Å². The van der Waals surface area contributed by atoms with Gasteiger partial charge in [0.05, 0.1) is 10.6 Å². The van der Waals surface area contributed by atoms with Crippen LogP contribution in [0.1, 0.15) is 31.2 Å². The molecule has 110 valence electrons. The number of hydrogen-bond acceptors (Lipinski definition) is 6. The molecule has 8 nitrogen and oxygen atoms in total. The van der Waals surface area contributed by atoms with Gasteiger partial charge in [0.15, 0.2) is 0 Å². The fraction of sp³-hybridized carbons (Fsp3) is 0.462. The van der Waals surface area contributed by atoms with E-state index in [4.69, 9.17) is 0 Å². The fourth-order valence-corrected chi connectivity index (χ4v) is 2.66. The number of hydrogen-bond donors (Lipinski definition) is 1. The van der Waals surface area contributed by atoms with Crippen molar-refractivity contribution < 1.29 is 4.92 Å². The third kappa shape index (κ3) is 2.32. The van der Waals surface area contributed by atoms with E-state index in [9.17, 15) is 10.1 Å². The summed E-state index contributed by atoms with van der Waals surface area (Å²) in [5.41, 5.74) is 1.93. The smallest absolute Gasteiger partial charge is 0.354 e. The Hall–Kier alpha value is -2.51. The summed E-state index contributed by atoms with van der Waals surface area (Å²) in [6, 6.07) is 0. The van der Waals surface area contributed by atoms with Crippen molar-refractivity contribution in [2.75, 3.05) is 11.9 Å². The van der Waals surface area contributed by atoms with E-state index in [0.29, 0.717) is 6.54 Å². The van der Waals surface area contributed by atoms with Gasteiger partial charge in [-0.1, -0.05) is 0 Å². The predicted molar refractivity (Wildman–Crippen MR) is 76.6 cm³/mol. The molecule has 0 fully saturated rings. The largest absolute Gasteiger partial charge is 0.364 e. The highest BCUT2D eigenvalue weighted by molar-refractivity contribution is 5.64. The Kier molecular flexibility index (Phi) is 3.51. The molecule has 0 bridgehead atoms. The van der Waals surface area contributed by atoms with Gasteiger partial charge < -0.3 is 5.32 Å². The lowest BCUT2D eigenvalue weighted by Crippen LogP contribution is -2.12.